The molecular formula is C10H17N3O. The minimum atomic E-state index is 0.0590. The van der Waals surface area contributed by atoms with E-state index in [0.717, 1.165) is 25.2 Å². The summed E-state index contributed by atoms with van der Waals surface area (Å²) < 4.78 is 1.53. The van der Waals surface area contributed by atoms with Gasteiger partial charge in [0.05, 0.1) is 0 Å². The molecule has 0 amide bonds. The highest BCUT2D eigenvalue weighted by Gasteiger charge is 2.14. The maximum Gasteiger partial charge on any atom is 0.266 e. The van der Waals surface area contributed by atoms with Crippen molar-refractivity contribution >= 4 is 0 Å². The van der Waals surface area contributed by atoms with E-state index >= 15 is 0 Å². The number of aryl methyl sites for hydroxylation is 1. The fourth-order valence-electron chi connectivity index (χ4n) is 2.06. The topological polar surface area (TPSA) is 49.8 Å². The van der Waals surface area contributed by atoms with Crippen LogP contribution in [0.3, 0.4) is 0 Å². The highest BCUT2D eigenvalue weighted by molar-refractivity contribution is 5.01. The number of aromatic nitrogens is 2. The Morgan fingerprint density at radius 2 is 2.50 bits per heavy atom. The van der Waals surface area contributed by atoms with E-state index in [-0.39, 0.29) is 5.56 Å². The van der Waals surface area contributed by atoms with Gasteiger partial charge in [-0.2, -0.15) is 0 Å². The Morgan fingerprint density at radius 1 is 1.64 bits per heavy atom. The maximum absolute atomic E-state index is 11.2. The van der Waals surface area contributed by atoms with Crippen LogP contribution in [0.4, 0.5) is 0 Å². The number of piperidine rings is 1. The molecule has 2 N–H and O–H groups in total. The minimum absolute atomic E-state index is 0.0590. The van der Waals surface area contributed by atoms with Crippen molar-refractivity contribution in [1.29, 1.82) is 0 Å². The zero-order valence-electron chi connectivity index (χ0n) is 8.55. The van der Waals surface area contributed by atoms with Gasteiger partial charge in [-0.15, -0.1) is 0 Å². The van der Waals surface area contributed by atoms with Crippen LogP contribution in [0.5, 0.6) is 0 Å². The van der Waals surface area contributed by atoms with E-state index < -0.39 is 0 Å². The molecular weight excluding hydrogens is 178 g/mol. The number of nitrogens with zero attached hydrogens (tertiary/aromatic N) is 1. The van der Waals surface area contributed by atoms with Crippen molar-refractivity contribution in [3.05, 3.63) is 22.1 Å². The first-order chi connectivity index (χ1) is 6.75. The molecule has 1 unspecified atom stereocenters. The van der Waals surface area contributed by atoms with Crippen LogP contribution >= 0.6 is 0 Å². The summed E-state index contributed by atoms with van der Waals surface area (Å²) in [6.45, 7) is 2.22. The number of aromatic amines is 1. The quantitative estimate of drug-likeness (QED) is 0.711. The van der Waals surface area contributed by atoms with Crippen LogP contribution in [0.1, 0.15) is 18.5 Å². The Hall–Kier alpha value is -1.03. The third-order valence-electron chi connectivity index (χ3n) is 2.85. The van der Waals surface area contributed by atoms with Crippen LogP contribution in [0, 0.1) is 5.92 Å². The molecule has 0 aromatic carbocycles. The summed E-state index contributed by atoms with van der Waals surface area (Å²) in [5.41, 5.74) is 1.12. The standard InChI is InChI=1S/C10H17N3O/c1-13-10(14)6-9(12-13)5-8-3-2-4-11-7-8/h6,8,11-12H,2-5,7H2,1H3. The van der Waals surface area contributed by atoms with E-state index in [9.17, 15) is 4.79 Å². The number of hydrogen-bond acceptors (Lipinski definition) is 2. The number of nitrogens with one attached hydrogen (secondary N) is 2. The molecule has 0 bridgehead atoms. The summed E-state index contributed by atoms with van der Waals surface area (Å²) in [5, 5.41) is 6.45. The first-order valence-electron chi connectivity index (χ1n) is 5.21. The highest BCUT2D eigenvalue weighted by Crippen LogP contribution is 2.14. The molecule has 2 rings (SSSR count). The van der Waals surface area contributed by atoms with Gasteiger partial charge in [0.2, 0.25) is 0 Å². The van der Waals surface area contributed by atoms with Gasteiger partial charge in [-0.3, -0.25) is 14.6 Å². The molecule has 2 heterocycles. The number of rotatable bonds is 2. The monoisotopic (exact) mass is 195 g/mol. The second-order valence-electron chi connectivity index (χ2n) is 4.10. The van der Waals surface area contributed by atoms with Crippen molar-refractivity contribution in [2.45, 2.75) is 19.3 Å². The second kappa shape index (κ2) is 4.00. The molecule has 0 aliphatic carbocycles. The van der Waals surface area contributed by atoms with Crippen molar-refractivity contribution < 1.29 is 0 Å². The number of H-pyrrole nitrogens is 1. The molecule has 14 heavy (non-hydrogen) atoms. The molecule has 1 aromatic rings. The lowest BCUT2D eigenvalue weighted by atomic mass is 9.95. The third-order valence-corrected chi connectivity index (χ3v) is 2.85. The highest BCUT2D eigenvalue weighted by atomic mass is 16.1. The molecule has 1 fully saturated rings. The summed E-state index contributed by atoms with van der Waals surface area (Å²) in [6.07, 6.45) is 3.51. The molecule has 4 nitrogen and oxygen atoms in total. The van der Waals surface area contributed by atoms with Crippen LogP contribution < -0.4 is 10.9 Å². The minimum Gasteiger partial charge on any atom is -0.316 e. The lowest BCUT2D eigenvalue weighted by Gasteiger charge is -2.21. The van der Waals surface area contributed by atoms with Crippen LogP contribution in [-0.2, 0) is 13.5 Å². The average Bonchev–Trinajstić information content (AvgIpc) is 2.47. The largest absolute Gasteiger partial charge is 0.316 e. The zero-order valence-corrected chi connectivity index (χ0v) is 8.55. The maximum atomic E-state index is 11.2. The third kappa shape index (κ3) is 2.07. The first-order valence-corrected chi connectivity index (χ1v) is 5.21. The van der Waals surface area contributed by atoms with E-state index in [4.69, 9.17) is 0 Å². The van der Waals surface area contributed by atoms with E-state index in [1.807, 2.05) is 0 Å². The van der Waals surface area contributed by atoms with Crippen molar-refractivity contribution in [2.75, 3.05) is 13.1 Å². The molecule has 0 saturated carbocycles. The van der Waals surface area contributed by atoms with Gasteiger partial charge in [0.1, 0.15) is 0 Å². The summed E-state index contributed by atoms with van der Waals surface area (Å²) in [7, 11) is 1.75. The lowest BCUT2D eigenvalue weighted by molar-refractivity contribution is 0.372. The SMILES string of the molecule is Cn1[nH]c(CC2CCCNC2)cc1=O. The van der Waals surface area contributed by atoms with Crippen LogP contribution in [0.25, 0.3) is 0 Å². The second-order valence-corrected chi connectivity index (χ2v) is 4.10. The summed E-state index contributed by atoms with van der Waals surface area (Å²) in [5.74, 6) is 0.682. The van der Waals surface area contributed by atoms with Gasteiger partial charge in [-0.05, 0) is 38.3 Å². The molecule has 0 radical (unpaired) electrons. The predicted octanol–water partition coefficient (Wildman–Crippen LogP) is 0.255. The fraction of sp³-hybridized carbons (Fsp3) is 0.700. The van der Waals surface area contributed by atoms with E-state index in [1.54, 1.807) is 13.1 Å². The number of hydrogen-bond donors (Lipinski definition) is 2. The van der Waals surface area contributed by atoms with Crippen molar-refractivity contribution in [1.82, 2.24) is 15.1 Å². The summed E-state index contributed by atoms with van der Waals surface area (Å²) in [6, 6.07) is 1.70. The summed E-state index contributed by atoms with van der Waals surface area (Å²) in [4.78, 5) is 11.2. The van der Waals surface area contributed by atoms with E-state index in [0.29, 0.717) is 5.92 Å². The Labute approximate surface area is 83.3 Å². The first kappa shape index (κ1) is 9.52. The van der Waals surface area contributed by atoms with Gasteiger partial charge < -0.3 is 5.32 Å². The van der Waals surface area contributed by atoms with Gasteiger partial charge in [0.25, 0.3) is 5.56 Å². The zero-order chi connectivity index (χ0) is 9.97. The Morgan fingerprint density at radius 3 is 3.07 bits per heavy atom. The molecule has 4 heteroatoms. The van der Waals surface area contributed by atoms with Gasteiger partial charge in [-0.1, -0.05) is 0 Å². The summed E-state index contributed by atoms with van der Waals surface area (Å²) >= 11 is 0. The Balaban J connectivity index is 1.99. The predicted molar refractivity (Wildman–Crippen MR) is 55.3 cm³/mol. The van der Waals surface area contributed by atoms with Crippen LogP contribution in [0.2, 0.25) is 0 Å². The van der Waals surface area contributed by atoms with Crippen LogP contribution in [0.15, 0.2) is 10.9 Å². The van der Waals surface area contributed by atoms with Crippen molar-refractivity contribution in [3.63, 3.8) is 0 Å². The van der Waals surface area contributed by atoms with Gasteiger partial charge in [-0.25, -0.2) is 0 Å². The Bertz CT molecular complexity index is 346. The van der Waals surface area contributed by atoms with Crippen LogP contribution in [-0.4, -0.2) is 22.9 Å². The van der Waals surface area contributed by atoms with Crippen molar-refractivity contribution in [2.24, 2.45) is 13.0 Å². The van der Waals surface area contributed by atoms with Gasteiger partial charge >= 0.3 is 0 Å². The van der Waals surface area contributed by atoms with Gasteiger partial charge in [0.15, 0.2) is 0 Å². The van der Waals surface area contributed by atoms with E-state index in [2.05, 4.69) is 10.4 Å². The molecule has 1 saturated heterocycles. The molecule has 1 aromatic heterocycles. The van der Waals surface area contributed by atoms with E-state index in [1.165, 1.54) is 17.5 Å². The van der Waals surface area contributed by atoms with Crippen molar-refractivity contribution in [3.8, 4) is 0 Å². The average molecular weight is 195 g/mol. The smallest absolute Gasteiger partial charge is 0.266 e. The fourth-order valence-corrected chi connectivity index (χ4v) is 2.06. The lowest BCUT2D eigenvalue weighted by Crippen LogP contribution is -2.30. The molecule has 1 aliphatic heterocycles. The Kier molecular flexibility index (Phi) is 2.72. The molecule has 78 valence electrons. The molecule has 1 aliphatic rings. The normalized spacial score (nSPS) is 22.5. The molecule has 1 atom stereocenters. The van der Waals surface area contributed by atoms with Gasteiger partial charge in [0, 0.05) is 18.8 Å². The molecule has 0 spiro atoms.